The minimum Gasteiger partial charge on any atom is -0.497 e. The highest BCUT2D eigenvalue weighted by Gasteiger charge is 2.22. The quantitative estimate of drug-likeness (QED) is 0.744. The number of nitrogens with one attached hydrogen (secondary N) is 1. The fraction of sp³-hybridized carbons (Fsp3) is 0.409. The van der Waals surface area contributed by atoms with Crippen LogP contribution in [0.2, 0.25) is 0 Å². The standard InChI is InChI=1S/C22H29NO3/c1-6-19(17-11-13-18(25-5)14-12-17)23-22(24)20(7-2)26-21-10-8-9-15(3)16(21)4/h8-14,19-20H,6-7H2,1-5H3,(H,23,24)/t19-,20-/m0/s1. The maximum atomic E-state index is 12.8. The Kier molecular flexibility index (Phi) is 7.07. The molecule has 2 aromatic rings. The molecule has 0 radical (unpaired) electrons. The van der Waals surface area contributed by atoms with Gasteiger partial charge in [0, 0.05) is 0 Å². The van der Waals surface area contributed by atoms with E-state index in [0.29, 0.717) is 6.42 Å². The molecule has 0 aliphatic carbocycles. The predicted octanol–water partition coefficient (Wildman–Crippen LogP) is 4.74. The largest absolute Gasteiger partial charge is 0.497 e. The van der Waals surface area contributed by atoms with E-state index in [0.717, 1.165) is 34.6 Å². The van der Waals surface area contributed by atoms with E-state index in [1.165, 1.54) is 0 Å². The number of benzene rings is 2. The molecule has 26 heavy (non-hydrogen) atoms. The molecule has 1 N–H and O–H groups in total. The lowest BCUT2D eigenvalue weighted by Crippen LogP contribution is -2.40. The average Bonchev–Trinajstić information content (AvgIpc) is 2.67. The van der Waals surface area contributed by atoms with Crippen LogP contribution >= 0.6 is 0 Å². The molecule has 140 valence electrons. The minimum absolute atomic E-state index is 0.0512. The van der Waals surface area contributed by atoms with Gasteiger partial charge in [-0.05, 0) is 61.6 Å². The lowest BCUT2D eigenvalue weighted by atomic mass is 10.0. The Bertz CT molecular complexity index is 725. The van der Waals surface area contributed by atoms with Crippen LogP contribution in [0.15, 0.2) is 42.5 Å². The SMILES string of the molecule is CC[C@H](Oc1cccc(C)c1C)C(=O)N[C@@H](CC)c1ccc(OC)cc1. The Labute approximate surface area is 156 Å². The van der Waals surface area contributed by atoms with Gasteiger partial charge in [0.25, 0.3) is 5.91 Å². The van der Waals surface area contributed by atoms with Crippen LogP contribution in [0.25, 0.3) is 0 Å². The van der Waals surface area contributed by atoms with Gasteiger partial charge in [0.1, 0.15) is 11.5 Å². The summed E-state index contributed by atoms with van der Waals surface area (Å²) in [5.74, 6) is 1.49. The molecule has 0 aromatic heterocycles. The fourth-order valence-electron chi connectivity index (χ4n) is 2.85. The molecule has 0 spiro atoms. The summed E-state index contributed by atoms with van der Waals surface area (Å²) >= 11 is 0. The molecule has 2 atom stereocenters. The zero-order chi connectivity index (χ0) is 19.1. The zero-order valence-electron chi connectivity index (χ0n) is 16.3. The van der Waals surface area contributed by atoms with Crippen LogP contribution in [0.5, 0.6) is 11.5 Å². The van der Waals surface area contributed by atoms with Gasteiger partial charge in [-0.3, -0.25) is 4.79 Å². The molecule has 0 fully saturated rings. The summed E-state index contributed by atoms with van der Waals surface area (Å²) < 4.78 is 11.2. The molecule has 0 aliphatic rings. The summed E-state index contributed by atoms with van der Waals surface area (Å²) in [4.78, 5) is 12.8. The lowest BCUT2D eigenvalue weighted by molar-refractivity contribution is -0.129. The first-order valence-corrected chi connectivity index (χ1v) is 9.17. The molecule has 0 heterocycles. The number of hydrogen-bond acceptors (Lipinski definition) is 3. The van der Waals surface area contributed by atoms with E-state index < -0.39 is 6.10 Å². The van der Waals surface area contributed by atoms with Crippen LogP contribution < -0.4 is 14.8 Å². The molecule has 4 heteroatoms. The van der Waals surface area contributed by atoms with E-state index in [2.05, 4.69) is 12.2 Å². The van der Waals surface area contributed by atoms with Crippen LogP contribution in [-0.4, -0.2) is 19.1 Å². The van der Waals surface area contributed by atoms with Crippen molar-refractivity contribution in [1.29, 1.82) is 0 Å². The second-order valence-corrected chi connectivity index (χ2v) is 6.46. The molecule has 0 bridgehead atoms. The first-order valence-electron chi connectivity index (χ1n) is 9.17. The normalized spacial score (nSPS) is 13.0. The van der Waals surface area contributed by atoms with Gasteiger partial charge in [-0.1, -0.05) is 38.1 Å². The average molecular weight is 355 g/mol. The number of rotatable bonds is 8. The summed E-state index contributed by atoms with van der Waals surface area (Å²) in [6.45, 7) is 8.08. The van der Waals surface area contributed by atoms with E-state index in [4.69, 9.17) is 9.47 Å². The molecule has 1 amide bonds. The molecular formula is C22H29NO3. The topological polar surface area (TPSA) is 47.6 Å². The number of ether oxygens (including phenoxy) is 2. The lowest BCUT2D eigenvalue weighted by Gasteiger charge is -2.23. The van der Waals surface area contributed by atoms with Crippen molar-refractivity contribution < 1.29 is 14.3 Å². The minimum atomic E-state index is -0.511. The van der Waals surface area contributed by atoms with Crippen LogP contribution in [0.1, 0.15) is 49.4 Å². The Morgan fingerprint density at radius 2 is 1.73 bits per heavy atom. The van der Waals surface area contributed by atoms with Gasteiger partial charge >= 0.3 is 0 Å². The number of carbonyl (C=O) groups excluding carboxylic acids is 1. The highest BCUT2D eigenvalue weighted by Crippen LogP contribution is 2.24. The fourth-order valence-corrected chi connectivity index (χ4v) is 2.85. The highest BCUT2D eigenvalue weighted by atomic mass is 16.5. The van der Waals surface area contributed by atoms with Crippen LogP contribution in [0, 0.1) is 13.8 Å². The van der Waals surface area contributed by atoms with Crippen molar-refractivity contribution >= 4 is 5.91 Å². The Balaban J connectivity index is 2.09. The highest BCUT2D eigenvalue weighted by molar-refractivity contribution is 5.81. The number of methoxy groups -OCH3 is 1. The summed E-state index contributed by atoms with van der Waals surface area (Å²) in [6.07, 6.45) is 0.902. The van der Waals surface area contributed by atoms with Crippen LogP contribution in [-0.2, 0) is 4.79 Å². The maximum Gasteiger partial charge on any atom is 0.261 e. The summed E-state index contributed by atoms with van der Waals surface area (Å²) in [6, 6.07) is 13.7. The number of amides is 1. The second kappa shape index (κ2) is 9.27. The predicted molar refractivity (Wildman–Crippen MR) is 105 cm³/mol. The van der Waals surface area contributed by atoms with Gasteiger partial charge in [-0.2, -0.15) is 0 Å². The zero-order valence-corrected chi connectivity index (χ0v) is 16.3. The Morgan fingerprint density at radius 3 is 2.31 bits per heavy atom. The van der Waals surface area contributed by atoms with Crippen molar-refractivity contribution in [2.24, 2.45) is 0 Å². The first kappa shape index (κ1) is 19.8. The monoisotopic (exact) mass is 355 g/mol. The van der Waals surface area contributed by atoms with Gasteiger partial charge in [0.05, 0.1) is 13.2 Å². The second-order valence-electron chi connectivity index (χ2n) is 6.46. The number of hydrogen-bond donors (Lipinski definition) is 1. The van der Waals surface area contributed by atoms with E-state index in [-0.39, 0.29) is 11.9 Å². The number of carbonyl (C=O) groups is 1. The van der Waals surface area contributed by atoms with E-state index in [9.17, 15) is 4.79 Å². The van der Waals surface area contributed by atoms with Crippen molar-refractivity contribution in [2.45, 2.75) is 52.7 Å². The number of aryl methyl sites for hydroxylation is 1. The third-order valence-corrected chi connectivity index (χ3v) is 4.73. The van der Waals surface area contributed by atoms with E-state index >= 15 is 0 Å². The van der Waals surface area contributed by atoms with Gasteiger partial charge < -0.3 is 14.8 Å². The molecule has 2 rings (SSSR count). The maximum absolute atomic E-state index is 12.8. The van der Waals surface area contributed by atoms with Crippen molar-refractivity contribution in [3.63, 3.8) is 0 Å². The third-order valence-electron chi connectivity index (χ3n) is 4.73. The van der Waals surface area contributed by atoms with Gasteiger partial charge in [0.2, 0.25) is 0 Å². The van der Waals surface area contributed by atoms with Crippen molar-refractivity contribution in [1.82, 2.24) is 5.32 Å². The summed E-state index contributed by atoms with van der Waals surface area (Å²) in [5.41, 5.74) is 3.28. The first-order chi connectivity index (χ1) is 12.5. The van der Waals surface area contributed by atoms with Crippen LogP contribution in [0.3, 0.4) is 0 Å². The summed E-state index contributed by atoms with van der Waals surface area (Å²) in [5, 5.41) is 3.12. The van der Waals surface area contributed by atoms with Crippen LogP contribution in [0.4, 0.5) is 0 Å². The molecule has 0 unspecified atom stereocenters. The Hall–Kier alpha value is -2.49. The van der Waals surface area contributed by atoms with Crippen molar-refractivity contribution in [3.05, 3.63) is 59.2 Å². The molecule has 2 aromatic carbocycles. The Morgan fingerprint density at radius 1 is 1.04 bits per heavy atom. The van der Waals surface area contributed by atoms with E-state index in [1.54, 1.807) is 7.11 Å². The molecule has 0 aliphatic heterocycles. The third kappa shape index (κ3) is 4.78. The molecule has 0 saturated carbocycles. The van der Waals surface area contributed by atoms with Crippen molar-refractivity contribution in [3.8, 4) is 11.5 Å². The smallest absolute Gasteiger partial charge is 0.261 e. The van der Waals surface area contributed by atoms with Gasteiger partial charge in [-0.25, -0.2) is 0 Å². The van der Waals surface area contributed by atoms with E-state index in [1.807, 2.05) is 63.2 Å². The molecule has 4 nitrogen and oxygen atoms in total. The van der Waals surface area contributed by atoms with Gasteiger partial charge in [0.15, 0.2) is 6.10 Å². The van der Waals surface area contributed by atoms with Gasteiger partial charge in [-0.15, -0.1) is 0 Å². The summed E-state index contributed by atoms with van der Waals surface area (Å²) in [7, 11) is 1.64. The molecule has 0 saturated heterocycles. The van der Waals surface area contributed by atoms with Crippen molar-refractivity contribution in [2.75, 3.05) is 7.11 Å². The molecular weight excluding hydrogens is 326 g/mol.